The van der Waals surface area contributed by atoms with E-state index in [0.29, 0.717) is 23.4 Å². The molecule has 1 atom stereocenters. The van der Waals surface area contributed by atoms with E-state index in [1.807, 2.05) is 25.1 Å². The summed E-state index contributed by atoms with van der Waals surface area (Å²) in [5.41, 5.74) is 1.27. The lowest BCUT2D eigenvalue weighted by atomic mass is 10.3. The number of nitrogens with one attached hydrogen (secondary N) is 2. The van der Waals surface area contributed by atoms with Gasteiger partial charge in [-0.1, -0.05) is 30.3 Å². The number of ether oxygens (including phenoxy) is 1. The van der Waals surface area contributed by atoms with Crippen LogP contribution in [0.2, 0.25) is 0 Å². The summed E-state index contributed by atoms with van der Waals surface area (Å²) in [7, 11) is -2.16. The fraction of sp³-hybridized carbons (Fsp3) is 0.222. The first-order valence-electron chi connectivity index (χ1n) is 8.11. The molecule has 0 radical (unpaired) electrons. The number of sulfonamides is 1. The Hall–Kier alpha value is -2.71. The number of fused-ring (bicyclic) bond motifs is 1. The molecular formula is C18H20N4O3S. The number of para-hydroxylation sites is 2. The Kier molecular flexibility index (Phi) is 5.34. The van der Waals surface area contributed by atoms with Crippen LogP contribution in [0.3, 0.4) is 0 Å². The molecule has 2 aromatic carbocycles. The molecule has 8 heteroatoms. The molecule has 3 rings (SSSR count). The molecule has 3 aromatic rings. The molecule has 0 aliphatic rings. The van der Waals surface area contributed by atoms with Gasteiger partial charge in [0.2, 0.25) is 0 Å². The second-order valence-electron chi connectivity index (χ2n) is 5.76. The molecule has 2 N–H and O–H groups in total. The van der Waals surface area contributed by atoms with Crippen LogP contribution in [0.4, 0.5) is 11.6 Å². The number of rotatable bonds is 7. The summed E-state index contributed by atoms with van der Waals surface area (Å²) in [5.74, 6) is 0.503. The largest absolute Gasteiger partial charge is 0.380 e. The average molecular weight is 372 g/mol. The summed E-state index contributed by atoms with van der Waals surface area (Å²) >= 11 is 0. The van der Waals surface area contributed by atoms with E-state index in [0.717, 1.165) is 0 Å². The predicted molar refractivity (Wildman–Crippen MR) is 102 cm³/mol. The molecular weight excluding hydrogens is 352 g/mol. The number of methoxy groups -OCH3 is 1. The average Bonchev–Trinajstić information content (AvgIpc) is 2.66. The van der Waals surface area contributed by atoms with Crippen LogP contribution < -0.4 is 10.0 Å². The molecule has 1 unspecified atom stereocenters. The van der Waals surface area contributed by atoms with Gasteiger partial charge in [0.25, 0.3) is 10.0 Å². The molecule has 0 amide bonds. The van der Waals surface area contributed by atoms with Crippen molar-refractivity contribution in [2.45, 2.75) is 17.9 Å². The molecule has 1 heterocycles. The quantitative estimate of drug-likeness (QED) is 0.662. The zero-order valence-electron chi connectivity index (χ0n) is 14.5. The minimum atomic E-state index is -3.77. The van der Waals surface area contributed by atoms with E-state index in [1.165, 1.54) is 12.1 Å². The summed E-state index contributed by atoms with van der Waals surface area (Å²) in [4.78, 5) is 9.10. The van der Waals surface area contributed by atoms with Crippen molar-refractivity contribution in [2.75, 3.05) is 23.7 Å². The SMILES string of the molecule is COC(C)CNc1nc2ccccc2nc1NS(=O)(=O)c1ccccc1. The van der Waals surface area contributed by atoms with Gasteiger partial charge in [-0.2, -0.15) is 0 Å². The maximum absolute atomic E-state index is 12.7. The van der Waals surface area contributed by atoms with Crippen molar-refractivity contribution >= 4 is 32.7 Å². The highest BCUT2D eigenvalue weighted by molar-refractivity contribution is 7.92. The first kappa shape index (κ1) is 18.1. The topological polar surface area (TPSA) is 93.2 Å². The fourth-order valence-corrected chi connectivity index (χ4v) is 3.33. The van der Waals surface area contributed by atoms with Gasteiger partial charge in [0.1, 0.15) is 0 Å². The van der Waals surface area contributed by atoms with Crippen LogP contribution in [-0.2, 0) is 14.8 Å². The van der Waals surface area contributed by atoms with Gasteiger partial charge in [-0.15, -0.1) is 0 Å². The number of aromatic nitrogens is 2. The van der Waals surface area contributed by atoms with Crippen molar-refractivity contribution in [3.05, 3.63) is 54.6 Å². The second-order valence-corrected chi connectivity index (χ2v) is 7.44. The van der Waals surface area contributed by atoms with E-state index in [9.17, 15) is 8.42 Å². The maximum atomic E-state index is 12.7. The maximum Gasteiger partial charge on any atom is 0.263 e. The summed E-state index contributed by atoms with van der Waals surface area (Å²) < 4.78 is 33.1. The Bertz CT molecular complexity index is 994. The van der Waals surface area contributed by atoms with Gasteiger partial charge in [-0.25, -0.2) is 18.4 Å². The molecule has 0 aliphatic carbocycles. The monoisotopic (exact) mass is 372 g/mol. The van der Waals surface area contributed by atoms with Crippen molar-refractivity contribution < 1.29 is 13.2 Å². The van der Waals surface area contributed by atoms with Crippen LogP contribution in [0.15, 0.2) is 59.5 Å². The third kappa shape index (κ3) is 4.09. The Balaban J connectivity index is 1.99. The third-order valence-corrected chi connectivity index (χ3v) is 5.17. The molecule has 136 valence electrons. The lowest BCUT2D eigenvalue weighted by molar-refractivity contribution is 0.128. The molecule has 26 heavy (non-hydrogen) atoms. The Morgan fingerprint density at radius 1 is 0.962 bits per heavy atom. The minimum Gasteiger partial charge on any atom is -0.380 e. The highest BCUT2D eigenvalue weighted by Crippen LogP contribution is 2.24. The van der Waals surface area contributed by atoms with E-state index < -0.39 is 10.0 Å². The summed E-state index contributed by atoms with van der Waals surface area (Å²) in [6, 6.07) is 15.4. The van der Waals surface area contributed by atoms with Crippen molar-refractivity contribution in [1.29, 1.82) is 0 Å². The van der Waals surface area contributed by atoms with E-state index in [-0.39, 0.29) is 16.8 Å². The van der Waals surface area contributed by atoms with Crippen molar-refractivity contribution in [2.24, 2.45) is 0 Å². The lowest BCUT2D eigenvalue weighted by Crippen LogP contribution is -2.21. The van der Waals surface area contributed by atoms with Crippen LogP contribution in [0.25, 0.3) is 11.0 Å². The zero-order valence-corrected chi connectivity index (χ0v) is 15.3. The highest BCUT2D eigenvalue weighted by atomic mass is 32.2. The number of hydrogen-bond acceptors (Lipinski definition) is 6. The number of anilines is 2. The van der Waals surface area contributed by atoms with E-state index >= 15 is 0 Å². The van der Waals surface area contributed by atoms with Crippen LogP contribution in [0, 0.1) is 0 Å². The second kappa shape index (κ2) is 7.67. The molecule has 0 saturated carbocycles. The van der Waals surface area contributed by atoms with Crippen molar-refractivity contribution in [1.82, 2.24) is 9.97 Å². The van der Waals surface area contributed by atoms with Gasteiger partial charge >= 0.3 is 0 Å². The Morgan fingerprint density at radius 3 is 2.15 bits per heavy atom. The fourth-order valence-electron chi connectivity index (χ4n) is 2.30. The van der Waals surface area contributed by atoms with Gasteiger partial charge in [0, 0.05) is 13.7 Å². The molecule has 7 nitrogen and oxygen atoms in total. The number of hydrogen-bond donors (Lipinski definition) is 2. The highest BCUT2D eigenvalue weighted by Gasteiger charge is 2.18. The van der Waals surface area contributed by atoms with Crippen LogP contribution in [0.5, 0.6) is 0 Å². The van der Waals surface area contributed by atoms with Crippen molar-refractivity contribution in [3.8, 4) is 0 Å². The normalized spacial score (nSPS) is 12.7. The molecule has 0 bridgehead atoms. The van der Waals surface area contributed by atoms with Crippen LogP contribution in [0.1, 0.15) is 6.92 Å². The molecule has 0 aliphatic heterocycles. The van der Waals surface area contributed by atoms with Gasteiger partial charge in [-0.05, 0) is 31.2 Å². The van der Waals surface area contributed by atoms with Crippen LogP contribution >= 0.6 is 0 Å². The molecule has 0 spiro atoms. The first-order valence-corrected chi connectivity index (χ1v) is 9.59. The van der Waals surface area contributed by atoms with Gasteiger partial charge in [-0.3, -0.25) is 4.72 Å². The van der Waals surface area contributed by atoms with Gasteiger partial charge < -0.3 is 10.1 Å². The summed E-state index contributed by atoms with van der Waals surface area (Å²) in [5, 5.41) is 3.10. The molecule has 0 saturated heterocycles. The van der Waals surface area contributed by atoms with Gasteiger partial charge in [0.05, 0.1) is 22.0 Å². The minimum absolute atomic E-state index is 0.0677. The summed E-state index contributed by atoms with van der Waals surface area (Å²) in [6.45, 7) is 2.36. The zero-order chi connectivity index (χ0) is 18.6. The van der Waals surface area contributed by atoms with Gasteiger partial charge in [0.15, 0.2) is 11.6 Å². The van der Waals surface area contributed by atoms with Crippen LogP contribution in [-0.4, -0.2) is 38.1 Å². The smallest absolute Gasteiger partial charge is 0.263 e. The first-order chi connectivity index (χ1) is 12.5. The summed E-state index contributed by atoms with van der Waals surface area (Å²) in [6.07, 6.45) is -0.0677. The molecule has 0 fully saturated rings. The Labute approximate surface area is 152 Å². The predicted octanol–water partition coefficient (Wildman–Crippen LogP) is 2.88. The number of nitrogens with zero attached hydrogens (tertiary/aromatic N) is 2. The van der Waals surface area contributed by atoms with E-state index in [1.54, 1.807) is 31.4 Å². The van der Waals surface area contributed by atoms with E-state index in [4.69, 9.17) is 4.74 Å². The lowest BCUT2D eigenvalue weighted by Gasteiger charge is -2.15. The van der Waals surface area contributed by atoms with Crippen molar-refractivity contribution in [3.63, 3.8) is 0 Å². The Morgan fingerprint density at radius 2 is 1.54 bits per heavy atom. The third-order valence-electron chi connectivity index (χ3n) is 3.81. The number of benzene rings is 2. The molecule has 1 aromatic heterocycles. The standard InChI is InChI=1S/C18H20N4O3S/c1-13(25-2)12-19-17-18(21-16-11-7-6-10-15(16)20-17)22-26(23,24)14-8-4-3-5-9-14/h3-11,13H,12H2,1-2H3,(H,19,20)(H,21,22). The van der Waals surface area contributed by atoms with E-state index in [2.05, 4.69) is 20.0 Å².